The van der Waals surface area contributed by atoms with Crippen LogP contribution in [-0.4, -0.2) is 45.3 Å². The third kappa shape index (κ3) is 4.02. The molecule has 1 heterocycles. The summed E-state index contributed by atoms with van der Waals surface area (Å²) < 4.78 is 5.92. The molecule has 4 nitrogen and oxygen atoms in total. The number of ether oxygens (including phenoxy) is 1. The summed E-state index contributed by atoms with van der Waals surface area (Å²) >= 11 is 7.83. The summed E-state index contributed by atoms with van der Waals surface area (Å²) in [6.07, 6.45) is 4.96. The van der Waals surface area contributed by atoms with Gasteiger partial charge in [0.25, 0.3) is 0 Å². The monoisotopic (exact) mass is 474 g/mol. The van der Waals surface area contributed by atoms with E-state index in [4.69, 9.17) is 16.3 Å². The van der Waals surface area contributed by atoms with Gasteiger partial charge in [0.15, 0.2) is 0 Å². The van der Waals surface area contributed by atoms with Gasteiger partial charge in [-0.1, -0.05) is 60.8 Å². The van der Waals surface area contributed by atoms with E-state index >= 15 is 0 Å². The van der Waals surface area contributed by atoms with Crippen LogP contribution >= 0.6 is 23.4 Å². The van der Waals surface area contributed by atoms with Crippen molar-refractivity contribution in [2.45, 2.75) is 73.8 Å². The minimum atomic E-state index is -1.26. The number of aliphatic hydroxyl groups excluding tert-OH is 3. The quantitative estimate of drug-likeness (QED) is 0.590. The predicted molar refractivity (Wildman–Crippen MR) is 128 cm³/mol. The molecule has 7 atom stereocenters. The molecular formula is C26H31ClO4S. The second kappa shape index (κ2) is 8.94. The molecule has 172 valence electrons. The third-order valence-electron chi connectivity index (χ3n) is 7.78. The molecule has 3 N–H and O–H groups in total. The highest BCUT2D eigenvalue weighted by Gasteiger charge is 2.55. The molecule has 5 rings (SSSR count). The summed E-state index contributed by atoms with van der Waals surface area (Å²) in [7, 11) is 0. The molecule has 0 radical (unpaired) electrons. The molecule has 1 aliphatic heterocycles. The lowest BCUT2D eigenvalue weighted by atomic mass is 9.82. The number of benzene rings is 2. The summed E-state index contributed by atoms with van der Waals surface area (Å²) in [4.78, 5) is 0. The van der Waals surface area contributed by atoms with E-state index < -0.39 is 29.9 Å². The van der Waals surface area contributed by atoms with Crippen molar-refractivity contribution in [1.29, 1.82) is 0 Å². The lowest BCUT2D eigenvalue weighted by Gasteiger charge is -2.40. The molecule has 0 spiro atoms. The molecule has 2 aliphatic carbocycles. The van der Waals surface area contributed by atoms with Gasteiger partial charge in [0.05, 0.1) is 0 Å². The zero-order valence-corrected chi connectivity index (χ0v) is 19.9. The Labute approximate surface area is 199 Å². The average molecular weight is 475 g/mol. The number of hydrogen-bond donors (Lipinski definition) is 3. The topological polar surface area (TPSA) is 69.9 Å². The lowest BCUT2D eigenvalue weighted by molar-refractivity contribution is -0.200. The van der Waals surface area contributed by atoms with Crippen molar-refractivity contribution in [2.24, 2.45) is 5.92 Å². The van der Waals surface area contributed by atoms with Crippen LogP contribution < -0.4 is 0 Å². The minimum absolute atomic E-state index is 0.446. The first-order chi connectivity index (χ1) is 15.4. The van der Waals surface area contributed by atoms with Crippen LogP contribution in [0.5, 0.6) is 0 Å². The zero-order valence-electron chi connectivity index (χ0n) is 18.3. The standard InChI is InChI=1S/C26H31ClO4S/c1-32-25-23(30)21(28)22(29)24(31-25)16-7-10-20(27)17(13-16)12-15-5-8-18(9-6-15)26-11-3-2-4-19(26)14-26/h5-10,13,19,21-25,28-30H,2-4,11-12,14H2,1H3/t19-,21-,22-,23+,24?,25-,26+/m1/s1. The summed E-state index contributed by atoms with van der Waals surface area (Å²) in [5.41, 5.74) is 4.23. The number of halogens is 1. The molecule has 0 amide bonds. The minimum Gasteiger partial charge on any atom is -0.387 e. The molecular weight excluding hydrogens is 444 g/mol. The first-order valence-corrected chi connectivity index (χ1v) is 13.2. The van der Waals surface area contributed by atoms with Crippen molar-refractivity contribution in [1.82, 2.24) is 0 Å². The maximum absolute atomic E-state index is 10.5. The van der Waals surface area contributed by atoms with Gasteiger partial charge in [0.2, 0.25) is 0 Å². The maximum Gasteiger partial charge on any atom is 0.132 e. The molecule has 2 aromatic carbocycles. The molecule has 2 saturated carbocycles. The normalized spacial score (nSPS) is 36.5. The molecule has 0 bridgehead atoms. The fraction of sp³-hybridized carbons (Fsp3) is 0.538. The number of thioether (sulfide) groups is 1. The predicted octanol–water partition coefficient (Wildman–Crippen LogP) is 4.61. The molecule has 3 aliphatic rings. The van der Waals surface area contributed by atoms with Crippen LogP contribution in [0.4, 0.5) is 0 Å². The number of hydrogen-bond acceptors (Lipinski definition) is 5. The van der Waals surface area contributed by atoms with Crippen molar-refractivity contribution < 1.29 is 20.1 Å². The Morgan fingerprint density at radius 2 is 1.81 bits per heavy atom. The maximum atomic E-state index is 10.5. The van der Waals surface area contributed by atoms with Gasteiger partial charge < -0.3 is 20.1 Å². The van der Waals surface area contributed by atoms with E-state index in [1.807, 2.05) is 24.5 Å². The van der Waals surface area contributed by atoms with E-state index in [1.54, 1.807) is 0 Å². The van der Waals surface area contributed by atoms with Crippen LogP contribution in [0.25, 0.3) is 0 Å². The van der Waals surface area contributed by atoms with E-state index in [-0.39, 0.29) is 0 Å². The Balaban J connectivity index is 1.34. The lowest BCUT2D eigenvalue weighted by Crippen LogP contribution is -2.52. The Bertz CT molecular complexity index is 965. The van der Waals surface area contributed by atoms with Gasteiger partial charge in [-0.3, -0.25) is 0 Å². The van der Waals surface area contributed by atoms with Crippen LogP contribution in [0.2, 0.25) is 5.02 Å². The molecule has 6 heteroatoms. The second-order valence-electron chi connectivity index (χ2n) is 9.66. The van der Waals surface area contributed by atoms with Crippen LogP contribution in [-0.2, 0) is 16.6 Å². The highest BCUT2D eigenvalue weighted by atomic mass is 35.5. The number of aliphatic hydroxyl groups is 3. The van der Waals surface area contributed by atoms with E-state index in [0.29, 0.717) is 16.9 Å². The molecule has 1 saturated heterocycles. The van der Waals surface area contributed by atoms with Crippen LogP contribution in [0.15, 0.2) is 42.5 Å². The smallest absolute Gasteiger partial charge is 0.132 e. The van der Waals surface area contributed by atoms with Gasteiger partial charge in [-0.15, -0.1) is 11.8 Å². The first-order valence-electron chi connectivity index (χ1n) is 11.5. The number of rotatable bonds is 5. The summed E-state index contributed by atoms with van der Waals surface area (Å²) in [5.74, 6) is 0.883. The second-order valence-corrected chi connectivity index (χ2v) is 11.0. The fourth-order valence-corrected chi connectivity index (χ4v) is 6.65. The van der Waals surface area contributed by atoms with E-state index in [9.17, 15) is 15.3 Å². The Kier molecular flexibility index (Phi) is 6.34. The fourth-order valence-electron chi connectivity index (χ4n) is 5.79. The number of fused-ring (bicyclic) bond motifs is 1. The average Bonchev–Trinajstić information content (AvgIpc) is 3.56. The Hall–Kier alpha value is -1.08. The molecule has 0 aromatic heterocycles. The van der Waals surface area contributed by atoms with E-state index in [0.717, 1.165) is 17.0 Å². The molecule has 1 unspecified atom stereocenters. The van der Waals surface area contributed by atoms with Crippen LogP contribution in [0.3, 0.4) is 0 Å². The molecule has 2 aromatic rings. The Morgan fingerprint density at radius 1 is 1.03 bits per heavy atom. The van der Waals surface area contributed by atoms with Gasteiger partial charge in [0, 0.05) is 5.02 Å². The van der Waals surface area contributed by atoms with Crippen LogP contribution in [0, 0.1) is 5.92 Å². The van der Waals surface area contributed by atoms with Crippen molar-refractivity contribution in [3.63, 3.8) is 0 Å². The van der Waals surface area contributed by atoms with Crippen molar-refractivity contribution >= 4 is 23.4 Å². The van der Waals surface area contributed by atoms with Gasteiger partial charge >= 0.3 is 0 Å². The largest absolute Gasteiger partial charge is 0.387 e. The van der Waals surface area contributed by atoms with Crippen molar-refractivity contribution in [3.05, 3.63) is 69.7 Å². The van der Waals surface area contributed by atoms with E-state index in [1.165, 1.54) is 55.0 Å². The molecule has 3 fully saturated rings. The SMILES string of the molecule is CS[C@H]1OC(c2ccc(Cl)c(Cc3ccc([C@@]45CCCC[C@@H]4C5)cc3)c2)[C@H](O)[C@@H](O)[C@@H]1O. The highest BCUT2D eigenvalue weighted by Crippen LogP contribution is 2.62. The van der Waals surface area contributed by atoms with Crippen LogP contribution in [0.1, 0.15) is 60.5 Å². The Morgan fingerprint density at radius 3 is 2.53 bits per heavy atom. The molecule has 32 heavy (non-hydrogen) atoms. The van der Waals surface area contributed by atoms with Crippen molar-refractivity contribution in [3.8, 4) is 0 Å². The van der Waals surface area contributed by atoms with Gasteiger partial charge in [-0.2, -0.15) is 0 Å². The van der Waals surface area contributed by atoms with Gasteiger partial charge in [0.1, 0.15) is 29.9 Å². The summed E-state index contributed by atoms with van der Waals surface area (Å²) in [6, 6.07) is 14.6. The zero-order chi connectivity index (χ0) is 22.5. The van der Waals surface area contributed by atoms with Crippen molar-refractivity contribution in [2.75, 3.05) is 6.26 Å². The van der Waals surface area contributed by atoms with Gasteiger partial charge in [-0.25, -0.2) is 0 Å². The first kappa shape index (κ1) is 22.7. The highest BCUT2D eigenvalue weighted by molar-refractivity contribution is 7.99. The summed E-state index contributed by atoms with van der Waals surface area (Å²) in [6.45, 7) is 0. The third-order valence-corrected chi connectivity index (χ3v) is 9.00. The van der Waals surface area contributed by atoms with Gasteiger partial charge in [-0.05, 0) is 71.6 Å². The van der Waals surface area contributed by atoms with E-state index in [2.05, 4.69) is 24.3 Å². The summed E-state index contributed by atoms with van der Waals surface area (Å²) in [5, 5.41) is 31.6.